The van der Waals surface area contributed by atoms with Crippen molar-refractivity contribution in [3.63, 3.8) is 0 Å². The number of nitrogens with one attached hydrogen (secondary N) is 1. The lowest BCUT2D eigenvalue weighted by atomic mass is 10.0. The summed E-state index contributed by atoms with van der Waals surface area (Å²) in [6, 6.07) is 12.4. The van der Waals surface area contributed by atoms with Crippen molar-refractivity contribution < 1.29 is 21.9 Å². The van der Waals surface area contributed by atoms with Gasteiger partial charge in [0.2, 0.25) is 10.0 Å². The molecule has 0 bridgehead atoms. The average Bonchev–Trinajstić information content (AvgIpc) is 3.65. The van der Waals surface area contributed by atoms with Crippen molar-refractivity contribution in [1.82, 2.24) is 9.38 Å². The van der Waals surface area contributed by atoms with E-state index < -0.39 is 26.9 Å². The molecule has 36 heavy (non-hydrogen) atoms. The number of imidazole rings is 1. The molecule has 1 aliphatic carbocycles. The first kappa shape index (κ1) is 22.9. The van der Waals surface area contributed by atoms with Crippen LogP contribution in [0.3, 0.4) is 0 Å². The van der Waals surface area contributed by atoms with Gasteiger partial charge < -0.3 is 9.64 Å². The van der Waals surface area contributed by atoms with Gasteiger partial charge in [-0.1, -0.05) is 0 Å². The topological polar surface area (TPSA) is 75.9 Å². The van der Waals surface area contributed by atoms with Gasteiger partial charge in [-0.2, -0.15) is 0 Å². The SMILES string of the molecule is O=S(=O)(Nc1cc(-c2ccc(F)cc2F)cc(-c2cnc3cc(N4CCOCC4)ccn23)c1)C1CC1. The minimum absolute atomic E-state index is 0.175. The maximum absolute atomic E-state index is 14.7. The third kappa shape index (κ3) is 4.42. The van der Waals surface area contributed by atoms with Crippen LogP contribution in [0.2, 0.25) is 0 Å². The van der Waals surface area contributed by atoms with E-state index in [1.807, 2.05) is 22.7 Å². The number of aromatic nitrogens is 2. The monoisotopic (exact) mass is 510 g/mol. The molecule has 0 atom stereocenters. The highest BCUT2D eigenvalue weighted by molar-refractivity contribution is 7.93. The number of fused-ring (bicyclic) bond motifs is 1. The third-order valence-corrected chi connectivity index (χ3v) is 8.44. The molecule has 0 spiro atoms. The molecule has 186 valence electrons. The van der Waals surface area contributed by atoms with E-state index in [2.05, 4.69) is 14.6 Å². The van der Waals surface area contributed by atoms with Crippen molar-refractivity contribution in [2.45, 2.75) is 18.1 Å². The molecule has 1 saturated heterocycles. The lowest BCUT2D eigenvalue weighted by Crippen LogP contribution is -2.36. The molecule has 7 nitrogen and oxygen atoms in total. The highest BCUT2D eigenvalue weighted by atomic mass is 32.2. The number of hydrogen-bond acceptors (Lipinski definition) is 5. The van der Waals surface area contributed by atoms with Gasteiger partial charge in [-0.15, -0.1) is 0 Å². The number of benzene rings is 2. The highest BCUT2D eigenvalue weighted by Crippen LogP contribution is 2.35. The number of rotatable bonds is 6. The Kier molecular flexibility index (Phi) is 5.65. The van der Waals surface area contributed by atoms with Crippen molar-refractivity contribution in [3.8, 4) is 22.4 Å². The molecule has 6 rings (SSSR count). The van der Waals surface area contributed by atoms with Gasteiger partial charge in [0.25, 0.3) is 0 Å². The summed E-state index contributed by atoms with van der Waals surface area (Å²) in [5.74, 6) is -1.41. The van der Waals surface area contributed by atoms with E-state index in [0.29, 0.717) is 42.9 Å². The van der Waals surface area contributed by atoms with E-state index in [1.54, 1.807) is 24.4 Å². The average molecular weight is 511 g/mol. The summed E-state index contributed by atoms with van der Waals surface area (Å²) in [6.45, 7) is 2.97. The molecule has 0 radical (unpaired) electrons. The Bertz CT molecular complexity index is 1560. The van der Waals surface area contributed by atoms with Gasteiger partial charge in [-0.25, -0.2) is 22.2 Å². The van der Waals surface area contributed by atoms with Crippen LogP contribution in [0.1, 0.15) is 12.8 Å². The maximum Gasteiger partial charge on any atom is 0.235 e. The van der Waals surface area contributed by atoms with Crippen LogP contribution in [0.5, 0.6) is 0 Å². The first-order chi connectivity index (χ1) is 17.4. The molecule has 4 aromatic rings. The van der Waals surface area contributed by atoms with Crippen LogP contribution < -0.4 is 9.62 Å². The van der Waals surface area contributed by atoms with Crippen LogP contribution in [0.4, 0.5) is 20.2 Å². The molecular formula is C26H24F2N4O3S. The minimum Gasteiger partial charge on any atom is -0.378 e. The quantitative estimate of drug-likeness (QED) is 0.408. The number of anilines is 2. The predicted molar refractivity (Wildman–Crippen MR) is 135 cm³/mol. The molecular weight excluding hydrogens is 486 g/mol. The van der Waals surface area contributed by atoms with Crippen LogP contribution in [-0.4, -0.2) is 49.4 Å². The number of nitrogens with zero attached hydrogens (tertiary/aromatic N) is 3. The van der Waals surface area contributed by atoms with Crippen LogP contribution in [0.25, 0.3) is 28.0 Å². The maximum atomic E-state index is 14.7. The van der Waals surface area contributed by atoms with E-state index in [9.17, 15) is 17.2 Å². The van der Waals surface area contributed by atoms with Crippen molar-refractivity contribution >= 4 is 27.0 Å². The second kappa shape index (κ2) is 8.86. The van der Waals surface area contributed by atoms with Gasteiger partial charge in [0, 0.05) is 53.9 Å². The van der Waals surface area contributed by atoms with Gasteiger partial charge in [-0.3, -0.25) is 9.12 Å². The number of pyridine rings is 1. The third-order valence-electron chi connectivity index (χ3n) is 6.57. The summed E-state index contributed by atoms with van der Waals surface area (Å²) in [7, 11) is -3.54. The Hall–Kier alpha value is -3.50. The zero-order valence-electron chi connectivity index (χ0n) is 19.3. The smallest absolute Gasteiger partial charge is 0.235 e. The van der Waals surface area contributed by atoms with Crippen molar-refractivity contribution in [3.05, 3.63) is 72.6 Å². The van der Waals surface area contributed by atoms with E-state index in [1.165, 1.54) is 12.1 Å². The summed E-state index contributed by atoms with van der Waals surface area (Å²) < 4.78 is 63.5. The Labute approximate surface area is 207 Å². The van der Waals surface area contributed by atoms with Crippen molar-refractivity contribution in [2.75, 3.05) is 35.9 Å². The van der Waals surface area contributed by atoms with Gasteiger partial charge in [0.1, 0.15) is 17.3 Å². The fourth-order valence-corrected chi connectivity index (χ4v) is 5.91. The summed E-state index contributed by atoms with van der Waals surface area (Å²) >= 11 is 0. The van der Waals surface area contributed by atoms with Gasteiger partial charge >= 0.3 is 0 Å². The number of ether oxygens (including phenoxy) is 1. The molecule has 2 aromatic heterocycles. The lowest BCUT2D eigenvalue weighted by molar-refractivity contribution is 0.122. The lowest BCUT2D eigenvalue weighted by Gasteiger charge is -2.28. The molecule has 10 heteroatoms. The van der Waals surface area contributed by atoms with Crippen molar-refractivity contribution in [1.29, 1.82) is 0 Å². The number of halogens is 2. The van der Waals surface area contributed by atoms with Crippen LogP contribution >= 0.6 is 0 Å². The van der Waals surface area contributed by atoms with Crippen LogP contribution in [-0.2, 0) is 14.8 Å². The molecule has 2 aliphatic rings. The Morgan fingerprint density at radius 3 is 2.50 bits per heavy atom. The first-order valence-corrected chi connectivity index (χ1v) is 13.3. The molecule has 1 aliphatic heterocycles. The summed E-state index contributed by atoms with van der Waals surface area (Å²) in [4.78, 5) is 6.80. The molecule has 0 amide bonds. The normalized spacial score (nSPS) is 16.4. The number of hydrogen-bond donors (Lipinski definition) is 1. The Morgan fingerprint density at radius 2 is 1.75 bits per heavy atom. The summed E-state index contributed by atoms with van der Waals surface area (Å²) in [5.41, 5.74) is 4.06. The fraction of sp³-hybridized carbons (Fsp3) is 0.269. The van der Waals surface area contributed by atoms with Gasteiger partial charge in [-0.05, 0) is 54.8 Å². The number of sulfonamides is 1. The zero-order valence-corrected chi connectivity index (χ0v) is 20.1. The predicted octanol–water partition coefficient (Wildman–Crippen LogP) is 4.69. The second-order valence-electron chi connectivity index (χ2n) is 9.13. The van der Waals surface area contributed by atoms with Crippen LogP contribution in [0.15, 0.2) is 60.9 Å². The Morgan fingerprint density at radius 1 is 0.972 bits per heavy atom. The van der Waals surface area contributed by atoms with E-state index >= 15 is 0 Å². The Balaban J connectivity index is 1.44. The molecule has 1 saturated carbocycles. The largest absolute Gasteiger partial charge is 0.378 e. The summed E-state index contributed by atoms with van der Waals surface area (Å²) in [5, 5.41) is -0.415. The van der Waals surface area contributed by atoms with E-state index in [-0.39, 0.29) is 5.56 Å². The van der Waals surface area contributed by atoms with Crippen molar-refractivity contribution in [2.24, 2.45) is 0 Å². The highest BCUT2D eigenvalue weighted by Gasteiger charge is 2.35. The molecule has 3 heterocycles. The van der Waals surface area contributed by atoms with Gasteiger partial charge in [0.15, 0.2) is 0 Å². The van der Waals surface area contributed by atoms with E-state index in [0.717, 1.165) is 36.2 Å². The summed E-state index contributed by atoms with van der Waals surface area (Å²) in [6.07, 6.45) is 4.86. The number of morpholine rings is 1. The van der Waals surface area contributed by atoms with Gasteiger partial charge in [0.05, 0.1) is 30.4 Å². The molecule has 1 N–H and O–H groups in total. The second-order valence-corrected chi connectivity index (χ2v) is 11.1. The van der Waals surface area contributed by atoms with Crippen LogP contribution in [0, 0.1) is 11.6 Å². The first-order valence-electron chi connectivity index (χ1n) is 11.8. The minimum atomic E-state index is -3.54. The molecule has 0 unspecified atom stereocenters. The van der Waals surface area contributed by atoms with E-state index in [4.69, 9.17) is 4.74 Å². The fourth-order valence-electron chi connectivity index (χ4n) is 4.54. The zero-order chi connectivity index (χ0) is 24.9. The molecule has 2 fully saturated rings. The standard InChI is InChI=1S/C26H24F2N4O3S/c27-19-1-4-23(24(28)14-19)17-11-18(13-20(12-17)30-36(33,34)22-2-3-22)25-16-29-26-15-21(5-6-32(25)26)31-7-9-35-10-8-31/h1,4-6,11-16,22,30H,2-3,7-10H2. The molecule has 2 aromatic carbocycles.